The summed E-state index contributed by atoms with van der Waals surface area (Å²) in [5.41, 5.74) is 9.48. The third-order valence-corrected chi connectivity index (χ3v) is 4.14. The molecule has 0 saturated carbocycles. The number of benzene rings is 2. The van der Waals surface area contributed by atoms with Gasteiger partial charge in [0.05, 0.1) is 0 Å². The fourth-order valence-corrected chi connectivity index (χ4v) is 2.71. The molecule has 3 aromatic rings. The van der Waals surface area contributed by atoms with Crippen molar-refractivity contribution in [3.63, 3.8) is 0 Å². The minimum atomic E-state index is 0.230. The molecule has 2 N–H and O–H groups in total. The first kappa shape index (κ1) is 19.2. The summed E-state index contributed by atoms with van der Waals surface area (Å²) in [4.78, 5) is 14.5. The summed E-state index contributed by atoms with van der Waals surface area (Å²) in [6, 6.07) is 17.3. The number of oxime groups is 2. The lowest BCUT2D eigenvalue weighted by molar-refractivity contribution is 0.130. The lowest BCUT2D eigenvalue weighted by Crippen LogP contribution is -2.26. The fraction of sp³-hybridized carbons (Fsp3) is 0.190. The van der Waals surface area contributed by atoms with Gasteiger partial charge in [0.1, 0.15) is 30.8 Å². The lowest BCUT2D eigenvalue weighted by atomic mass is 10.0. The molecule has 0 spiro atoms. The summed E-state index contributed by atoms with van der Waals surface area (Å²) in [6.07, 6.45) is 0. The highest BCUT2D eigenvalue weighted by molar-refractivity contribution is 6.47. The fourth-order valence-electron chi connectivity index (χ4n) is 2.71. The van der Waals surface area contributed by atoms with Crippen LogP contribution >= 0.6 is 0 Å². The Labute approximate surface area is 163 Å². The molecule has 0 aliphatic heterocycles. The Morgan fingerprint density at radius 1 is 1.07 bits per heavy atom. The van der Waals surface area contributed by atoms with E-state index in [-0.39, 0.29) is 12.4 Å². The number of nitrogens with two attached hydrogens (primary N) is 1. The largest absolute Gasteiger partial charge is 0.455 e. The average molecular weight is 378 g/mol. The number of amidine groups is 1. The first-order valence-electron chi connectivity index (χ1n) is 8.71. The molecule has 28 heavy (non-hydrogen) atoms. The van der Waals surface area contributed by atoms with Gasteiger partial charge in [0.25, 0.3) is 0 Å². The van der Waals surface area contributed by atoms with Crippen LogP contribution in [0, 0.1) is 0 Å². The van der Waals surface area contributed by atoms with E-state index in [4.69, 9.17) is 19.8 Å². The van der Waals surface area contributed by atoms with Crippen LogP contribution in [0.4, 0.5) is 0 Å². The van der Waals surface area contributed by atoms with Gasteiger partial charge >= 0.3 is 0 Å². The normalized spacial score (nSPS) is 13.0. The highest BCUT2D eigenvalue weighted by Gasteiger charge is 2.14. The van der Waals surface area contributed by atoms with E-state index in [1.54, 1.807) is 7.05 Å². The number of furan rings is 1. The number of hydrogen-bond acceptors (Lipinski definition) is 6. The maximum Gasteiger partial charge on any atom is 0.152 e. The zero-order valence-corrected chi connectivity index (χ0v) is 16.0. The Bertz CT molecular complexity index is 1020. The highest BCUT2D eigenvalue weighted by Crippen LogP contribution is 2.19. The van der Waals surface area contributed by atoms with Crippen LogP contribution < -0.4 is 5.73 Å². The summed E-state index contributed by atoms with van der Waals surface area (Å²) in [7, 11) is 3.06. The molecule has 0 aliphatic carbocycles. The van der Waals surface area contributed by atoms with Crippen molar-refractivity contribution in [3.05, 3.63) is 71.5 Å². The topological polar surface area (TPSA) is 94.7 Å². The van der Waals surface area contributed by atoms with Gasteiger partial charge in [0.15, 0.2) is 11.5 Å². The van der Waals surface area contributed by atoms with Gasteiger partial charge in [-0.15, -0.1) is 0 Å². The standard InChI is InChI=1S/C21H22N4O3/c1-14(19-12-15-8-5-7-11-18(15)28-19)24-27-13-16-9-4-6-10-17(16)20(25-26-3)21(22)23-2/h4-12H,13H2,1-3H3,(H2,22,23)/b24-14+,25-20+. The molecule has 7 nitrogen and oxygen atoms in total. The van der Waals surface area contributed by atoms with E-state index >= 15 is 0 Å². The molecule has 0 fully saturated rings. The number of hydrogen-bond donors (Lipinski definition) is 1. The van der Waals surface area contributed by atoms with Gasteiger partial charge in [-0.05, 0) is 19.1 Å². The van der Waals surface area contributed by atoms with Gasteiger partial charge in [-0.25, -0.2) is 0 Å². The van der Waals surface area contributed by atoms with E-state index in [2.05, 4.69) is 15.3 Å². The van der Waals surface area contributed by atoms with Crippen molar-refractivity contribution in [1.82, 2.24) is 0 Å². The van der Waals surface area contributed by atoms with Crippen LogP contribution in [-0.4, -0.2) is 31.4 Å². The summed E-state index contributed by atoms with van der Waals surface area (Å²) in [5.74, 6) is 0.940. The molecular formula is C21H22N4O3. The van der Waals surface area contributed by atoms with Crippen LogP contribution in [-0.2, 0) is 16.3 Å². The summed E-state index contributed by atoms with van der Waals surface area (Å²) in [6.45, 7) is 2.07. The third kappa shape index (κ3) is 4.20. The Kier molecular flexibility index (Phi) is 6.06. The van der Waals surface area contributed by atoms with Crippen molar-refractivity contribution in [2.75, 3.05) is 14.2 Å². The smallest absolute Gasteiger partial charge is 0.152 e. The second-order valence-electron chi connectivity index (χ2n) is 5.99. The van der Waals surface area contributed by atoms with E-state index < -0.39 is 0 Å². The van der Waals surface area contributed by atoms with Gasteiger partial charge in [0.2, 0.25) is 0 Å². The molecule has 0 atom stereocenters. The summed E-state index contributed by atoms with van der Waals surface area (Å²) in [5, 5.41) is 9.20. The molecule has 144 valence electrons. The Morgan fingerprint density at radius 2 is 1.82 bits per heavy atom. The van der Waals surface area contributed by atoms with Gasteiger partial charge in [-0.3, -0.25) is 4.99 Å². The number of fused-ring (bicyclic) bond motifs is 1. The van der Waals surface area contributed by atoms with Gasteiger partial charge in [-0.1, -0.05) is 52.8 Å². The van der Waals surface area contributed by atoms with Crippen LogP contribution in [0.3, 0.4) is 0 Å². The van der Waals surface area contributed by atoms with E-state index in [1.165, 1.54) is 7.11 Å². The Hall–Kier alpha value is -3.61. The lowest BCUT2D eigenvalue weighted by Gasteiger charge is -2.10. The molecule has 3 rings (SSSR count). The first-order chi connectivity index (χ1) is 13.6. The molecule has 0 unspecified atom stereocenters. The van der Waals surface area contributed by atoms with Crippen molar-refractivity contribution in [2.24, 2.45) is 21.0 Å². The van der Waals surface area contributed by atoms with E-state index in [1.807, 2.05) is 61.5 Å². The molecule has 0 amide bonds. The van der Waals surface area contributed by atoms with Crippen LogP contribution in [0.5, 0.6) is 0 Å². The van der Waals surface area contributed by atoms with Crippen molar-refractivity contribution >= 4 is 28.2 Å². The zero-order valence-electron chi connectivity index (χ0n) is 16.0. The molecule has 1 aromatic heterocycles. The van der Waals surface area contributed by atoms with Crippen molar-refractivity contribution in [1.29, 1.82) is 0 Å². The minimum Gasteiger partial charge on any atom is -0.455 e. The Morgan fingerprint density at radius 3 is 2.57 bits per heavy atom. The van der Waals surface area contributed by atoms with E-state index in [0.29, 0.717) is 17.2 Å². The summed E-state index contributed by atoms with van der Waals surface area (Å²) < 4.78 is 5.79. The van der Waals surface area contributed by atoms with E-state index in [0.717, 1.165) is 22.1 Å². The third-order valence-electron chi connectivity index (χ3n) is 4.14. The van der Waals surface area contributed by atoms with Gasteiger partial charge < -0.3 is 19.8 Å². The Balaban J connectivity index is 1.79. The number of aliphatic imine (C=N–C) groups is 1. The number of rotatable bonds is 7. The van der Waals surface area contributed by atoms with Gasteiger partial charge in [0, 0.05) is 23.6 Å². The quantitative estimate of drug-likeness (QED) is 0.385. The monoisotopic (exact) mass is 378 g/mol. The second-order valence-corrected chi connectivity index (χ2v) is 5.99. The number of nitrogens with zero attached hydrogens (tertiary/aromatic N) is 3. The zero-order chi connectivity index (χ0) is 19.9. The van der Waals surface area contributed by atoms with Crippen LogP contribution in [0.2, 0.25) is 0 Å². The second kappa shape index (κ2) is 8.85. The van der Waals surface area contributed by atoms with Crippen LogP contribution in [0.15, 0.2) is 74.3 Å². The van der Waals surface area contributed by atoms with Crippen LogP contribution in [0.25, 0.3) is 11.0 Å². The summed E-state index contributed by atoms with van der Waals surface area (Å²) >= 11 is 0. The van der Waals surface area contributed by atoms with Crippen molar-refractivity contribution in [3.8, 4) is 0 Å². The SMILES string of the molecule is CN=C(N)/C(=N/OC)c1ccccc1CO/N=C(\C)c1cc2ccccc2o1. The van der Waals surface area contributed by atoms with Gasteiger partial charge in [-0.2, -0.15) is 0 Å². The van der Waals surface area contributed by atoms with E-state index in [9.17, 15) is 0 Å². The molecule has 0 saturated heterocycles. The predicted molar refractivity (Wildman–Crippen MR) is 111 cm³/mol. The van der Waals surface area contributed by atoms with Crippen molar-refractivity contribution in [2.45, 2.75) is 13.5 Å². The predicted octanol–water partition coefficient (Wildman–Crippen LogP) is 3.71. The molecule has 0 aliphatic rings. The minimum absolute atomic E-state index is 0.230. The van der Waals surface area contributed by atoms with Crippen molar-refractivity contribution < 1.29 is 14.1 Å². The molecule has 1 heterocycles. The van der Waals surface area contributed by atoms with Crippen LogP contribution in [0.1, 0.15) is 23.8 Å². The molecule has 2 aromatic carbocycles. The average Bonchev–Trinajstić information content (AvgIpc) is 3.16. The highest BCUT2D eigenvalue weighted by atomic mass is 16.6. The maximum absolute atomic E-state index is 5.95. The molecular weight excluding hydrogens is 356 g/mol. The number of para-hydroxylation sites is 1. The molecule has 7 heteroatoms. The first-order valence-corrected chi connectivity index (χ1v) is 8.71. The molecule has 0 bridgehead atoms. The molecule has 0 radical (unpaired) electrons. The maximum atomic E-state index is 5.95.